The molecule has 1 aliphatic rings. The van der Waals surface area contributed by atoms with E-state index in [1.165, 1.54) is 0 Å². The number of hydrogen-bond donors (Lipinski definition) is 1. The molecule has 1 aromatic rings. The van der Waals surface area contributed by atoms with Gasteiger partial charge in [-0.05, 0) is 25.3 Å². The van der Waals surface area contributed by atoms with Gasteiger partial charge in [0.05, 0.1) is 12.1 Å². The van der Waals surface area contributed by atoms with Crippen LogP contribution >= 0.6 is 0 Å². The lowest BCUT2D eigenvalue weighted by Crippen LogP contribution is -2.46. The number of ether oxygens (including phenoxy) is 1. The van der Waals surface area contributed by atoms with Gasteiger partial charge in [0.2, 0.25) is 5.91 Å². The molecule has 0 aliphatic carbocycles. The van der Waals surface area contributed by atoms with E-state index in [-0.39, 0.29) is 12.0 Å². The summed E-state index contributed by atoms with van der Waals surface area (Å²) in [7, 11) is 0. The molecule has 1 amide bonds. The Kier molecular flexibility index (Phi) is 4.93. The normalized spacial score (nSPS) is 21.8. The highest BCUT2D eigenvalue weighted by Gasteiger charge is 2.24. The van der Waals surface area contributed by atoms with Gasteiger partial charge in [-0.2, -0.15) is 0 Å². The standard InChI is InChI=1S/C15H22N2O2/c1-12-11-17(8-5-9-19-12)15(18)14(16)10-13-6-3-2-4-7-13/h2-4,6-7,12,14H,5,8-11,16H2,1H3/t12-,14+/m1/s1. The molecule has 0 spiro atoms. The van der Waals surface area contributed by atoms with Gasteiger partial charge in [-0.3, -0.25) is 4.79 Å². The van der Waals surface area contributed by atoms with Crippen LogP contribution in [0.2, 0.25) is 0 Å². The molecular weight excluding hydrogens is 240 g/mol. The highest BCUT2D eigenvalue weighted by molar-refractivity contribution is 5.82. The highest BCUT2D eigenvalue weighted by Crippen LogP contribution is 2.09. The van der Waals surface area contributed by atoms with Gasteiger partial charge >= 0.3 is 0 Å². The average molecular weight is 262 g/mol. The van der Waals surface area contributed by atoms with E-state index in [1.807, 2.05) is 42.2 Å². The first-order valence-corrected chi connectivity index (χ1v) is 6.86. The van der Waals surface area contributed by atoms with E-state index in [1.54, 1.807) is 0 Å². The molecule has 0 radical (unpaired) electrons. The summed E-state index contributed by atoms with van der Waals surface area (Å²) in [5.74, 6) is 0.0289. The van der Waals surface area contributed by atoms with Gasteiger partial charge < -0.3 is 15.4 Å². The maximum Gasteiger partial charge on any atom is 0.239 e. The molecule has 0 saturated carbocycles. The molecular formula is C15H22N2O2. The van der Waals surface area contributed by atoms with Crippen LogP contribution in [0, 0.1) is 0 Å². The van der Waals surface area contributed by atoms with Gasteiger partial charge in [-0.15, -0.1) is 0 Å². The molecule has 1 aliphatic heterocycles. The Morgan fingerprint density at radius 2 is 2.21 bits per heavy atom. The number of benzene rings is 1. The third-order valence-corrected chi connectivity index (χ3v) is 3.38. The fourth-order valence-electron chi connectivity index (χ4n) is 2.38. The Balaban J connectivity index is 1.94. The van der Waals surface area contributed by atoms with Crippen molar-refractivity contribution in [1.29, 1.82) is 0 Å². The third-order valence-electron chi connectivity index (χ3n) is 3.38. The van der Waals surface area contributed by atoms with Crippen LogP contribution in [0.5, 0.6) is 0 Å². The van der Waals surface area contributed by atoms with Crippen LogP contribution in [0.25, 0.3) is 0 Å². The second kappa shape index (κ2) is 6.68. The number of carbonyl (C=O) groups is 1. The van der Waals surface area contributed by atoms with E-state index in [4.69, 9.17) is 10.5 Å². The van der Waals surface area contributed by atoms with Gasteiger partial charge in [0.1, 0.15) is 0 Å². The van der Waals surface area contributed by atoms with E-state index >= 15 is 0 Å². The second-order valence-corrected chi connectivity index (χ2v) is 5.12. The number of carbonyl (C=O) groups excluding carboxylic acids is 1. The molecule has 19 heavy (non-hydrogen) atoms. The molecule has 2 rings (SSSR count). The summed E-state index contributed by atoms with van der Waals surface area (Å²) in [6.07, 6.45) is 1.56. The minimum atomic E-state index is -0.465. The summed E-state index contributed by atoms with van der Waals surface area (Å²) < 4.78 is 5.55. The van der Waals surface area contributed by atoms with Crippen molar-refractivity contribution in [3.05, 3.63) is 35.9 Å². The Morgan fingerprint density at radius 3 is 2.95 bits per heavy atom. The molecule has 0 aromatic heterocycles. The number of nitrogens with two attached hydrogens (primary N) is 1. The van der Waals surface area contributed by atoms with Crippen molar-refractivity contribution in [2.24, 2.45) is 5.73 Å². The van der Waals surface area contributed by atoms with Crippen LogP contribution in [-0.4, -0.2) is 42.6 Å². The maximum absolute atomic E-state index is 12.3. The molecule has 104 valence electrons. The molecule has 4 heteroatoms. The second-order valence-electron chi connectivity index (χ2n) is 5.12. The monoisotopic (exact) mass is 262 g/mol. The van der Waals surface area contributed by atoms with E-state index in [0.29, 0.717) is 13.0 Å². The van der Waals surface area contributed by atoms with E-state index in [0.717, 1.165) is 25.1 Å². The molecule has 0 bridgehead atoms. The largest absolute Gasteiger partial charge is 0.377 e. The van der Waals surface area contributed by atoms with Gasteiger partial charge in [0.15, 0.2) is 0 Å². The van der Waals surface area contributed by atoms with Gasteiger partial charge in [0.25, 0.3) is 0 Å². The summed E-state index contributed by atoms with van der Waals surface area (Å²) in [6.45, 7) is 4.10. The van der Waals surface area contributed by atoms with Crippen LogP contribution < -0.4 is 5.73 Å². The van der Waals surface area contributed by atoms with E-state index in [2.05, 4.69) is 0 Å². The molecule has 2 N–H and O–H groups in total. The predicted molar refractivity (Wildman–Crippen MR) is 74.7 cm³/mol. The molecule has 2 atom stereocenters. The molecule has 1 aromatic carbocycles. The first-order chi connectivity index (χ1) is 9.16. The molecule has 1 heterocycles. The lowest BCUT2D eigenvalue weighted by molar-refractivity contribution is -0.133. The van der Waals surface area contributed by atoms with Gasteiger partial charge in [0, 0.05) is 19.7 Å². The fourth-order valence-corrected chi connectivity index (χ4v) is 2.38. The third kappa shape index (κ3) is 4.04. The summed E-state index contributed by atoms with van der Waals surface area (Å²) in [5.41, 5.74) is 7.14. The SMILES string of the molecule is C[C@@H]1CN(C(=O)[C@@H](N)Cc2ccccc2)CCCO1. The Labute approximate surface area is 114 Å². The minimum absolute atomic E-state index is 0.0289. The summed E-state index contributed by atoms with van der Waals surface area (Å²) in [4.78, 5) is 14.2. The van der Waals surface area contributed by atoms with Crippen molar-refractivity contribution >= 4 is 5.91 Å². The topological polar surface area (TPSA) is 55.6 Å². The zero-order valence-corrected chi connectivity index (χ0v) is 11.4. The number of amides is 1. The van der Waals surface area contributed by atoms with E-state index in [9.17, 15) is 4.79 Å². The van der Waals surface area contributed by atoms with Gasteiger partial charge in [-0.25, -0.2) is 0 Å². The molecule has 1 fully saturated rings. The maximum atomic E-state index is 12.3. The van der Waals surface area contributed by atoms with Crippen molar-refractivity contribution in [2.45, 2.75) is 31.9 Å². The smallest absolute Gasteiger partial charge is 0.239 e. The fraction of sp³-hybridized carbons (Fsp3) is 0.533. The summed E-state index contributed by atoms with van der Waals surface area (Å²) in [5, 5.41) is 0. The zero-order chi connectivity index (χ0) is 13.7. The Morgan fingerprint density at radius 1 is 1.47 bits per heavy atom. The number of hydrogen-bond acceptors (Lipinski definition) is 3. The quantitative estimate of drug-likeness (QED) is 0.890. The lowest BCUT2D eigenvalue weighted by Gasteiger charge is -2.25. The average Bonchev–Trinajstić information content (AvgIpc) is 2.63. The zero-order valence-electron chi connectivity index (χ0n) is 11.4. The number of rotatable bonds is 3. The van der Waals surface area contributed by atoms with Crippen LogP contribution in [-0.2, 0) is 16.0 Å². The first kappa shape index (κ1) is 14.0. The van der Waals surface area contributed by atoms with Crippen molar-refractivity contribution < 1.29 is 9.53 Å². The van der Waals surface area contributed by atoms with E-state index < -0.39 is 6.04 Å². The van der Waals surface area contributed by atoms with Gasteiger partial charge in [-0.1, -0.05) is 30.3 Å². The summed E-state index contributed by atoms with van der Waals surface area (Å²) >= 11 is 0. The highest BCUT2D eigenvalue weighted by atomic mass is 16.5. The molecule has 1 saturated heterocycles. The van der Waals surface area contributed by atoms with Crippen molar-refractivity contribution in [1.82, 2.24) is 4.90 Å². The van der Waals surface area contributed by atoms with Crippen LogP contribution in [0.4, 0.5) is 0 Å². The van der Waals surface area contributed by atoms with Crippen molar-refractivity contribution in [3.8, 4) is 0 Å². The summed E-state index contributed by atoms with van der Waals surface area (Å²) in [6, 6.07) is 9.43. The van der Waals surface area contributed by atoms with Crippen molar-refractivity contribution in [3.63, 3.8) is 0 Å². The predicted octanol–water partition coefficient (Wildman–Crippen LogP) is 1.19. The Hall–Kier alpha value is -1.39. The Bertz CT molecular complexity index is 408. The number of nitrogens with zero attached hydrogens (tertiary/aromatic N) is 1. The van der Waals surface area contributed by atoms with Crippen LogP contribution in [0.3, 0.4) is 0 Å². The first-order valence-electron chi connectivity index (χ1n) is 6.86. The lowest BCUT2D eigenvalue weighted by atomic mass is 10.1. The molecule has 0 unspecified atom stereocenters. The van der Waals surface area contributed by atoms with Crippen LogP contribution in [0.15, 0.2) is 30.3 Å². The van der Waals surface area contributed by atoms with Crippen LogP contribution in [0.1, 0.15) is 18.9 Å². The van der Waals surface area contributed by atoms with Crippen molar-refractivity contribution in [2.75, 3.05) is 19.7 Å². The molecule has 4 nitrogen and oxygen atoms in total. The minimum Gasteiger partial charge on any atom is -0.377 e.